The Morgan fingerprint density at radius 3 is 2.68 bits per heavy atom. The van der Waals surface area contributed by atoms with Crippen LogP contribution in [0.4, 0.5) is 0 Å². The molecule has 3 nitrogen and oxygen atoms in total. The summed E-state index contributed by atoms with van der Waals surface area (Å²) in [5.74, 6) is -0.239. The monoisotopic (exact) mass is 337 g/mol. The number of carbonyl (C=O) groups is 1. The van der Waals surface area contributed by atoms with E-state index in [9.17, 15) is 9.90 Å². The Morgan fingerprint density at radius 1 is 1.32 bits per heavy atom. The van der Waals surface area contributed by atoms with Crippen LogP contribution in [0.5, 0.6) is 0 Å². The third kappa shape index (κ3) is 4.32. The molecule has 5 heteroatoms. The maximum Gasteiger partial charge on any atom is 0.227 e. The third-order valence-electron chi connectivity index (χ3n) is 3.55. The first-order valence-corrected chi connectivity index (χ1v) is 8.54. The summed E-state index contributed by atoms with van der Waals surface area (Å²) < 4.78 is 0. The number of thiophene rings is 1. The zero-order chi connectivity index (χ0) is 16.1. The Balaban J connectivity index is 2.04. The van der Waals surface area contributed by atoms with Crippen molar-refractivity contribution in [2.45, 2.75) is 25.9 Å². The maximum atomic E-state index is 12.5. The maximum absolute atomic E-state index is 12.5. The van der Waals surface area contributed by atoms with Crippen LogP contribution in [-0.2, 0) is 4.79 Å². The van der Waals surface area contributed by atoms with Gasteiger partial charge in [0.05, 0.1) is 12.0 Å². The minimum absolute atomic E-state index is 0.0912. The first-order valence-electron chi connectivity index (χ1n) is 7.22. The SMILES string of the molecule is CC(C)C(C(=O)NCC(O)c1ccsc1)c1cccc(Cl)c1. The molecule has 2 aromatic rings. The van der Waals surface area contributed by atoms with Gasteiger partial charge in [0.15, 0.2) is 0 Å². The minimum atomic E-state index is -0.678. The zero-order valence-corrected chi connectivity index (χ0v) is 14.2. The van der Waals surface area contributed by atoms with Gasteiger partial charge in [-0.1, -0.05) is 37.6 Å². The van der Waals surface area contributed by atoms with Crippen molar-refractivity contribution in [3.05, 3.63) is 57.2 Å². The number of aliphatic hydroxyl groups is 1. The molecule has 2 N–H and O–H groups in total. The van der Waals surface area contributed by atoms with Crippen molar-refractivity contribution >= 4 is 28.8 Å². The van der Waals surface area contributed by atoms with E-state index in [0.29, 0.717) is 5.02 Å². The molecular weight excluding hydrogens is 318 g/mol. The van der Waals surface area contributed by atoms with Crippen molar-refractivity contribution in [2.24, 2.45) is 5.92 Å². The van der Waals surface area contributed by atoms with Gasteiger partial charge in [-0.3, -0.25) is 4.79 Å². The van der Waals surface area contributed by atoms with Crippen molar-refractivity contribution in [3.8, 4) is 0 Å². The number of rotatable bonds is 6. The summed E-state index contributed by atoms with van der Waals surface area (Å²) in [6.45, 7) is 4.21. The first kappa shape index (κ1) is 17.0. The molecule has 22 heavy (non-hydrogen) atoms. The molecule has 0 radical (unpaired) electrons. The van der Waals surface area contributed by atoms with E-state index in [1.165, 1.54) is 11.3 Å². The number of nitrogens with one attached hydrogen (secondary N) is 1. The average Bonchev–Trinajstić information content (AvgIpc) is 2.99. The molecule has 0 aliphatic carbocycles. The summed E-state index contributed by atoms with van der Waals surface area (Å²) in [5, 5.41) is 17.3. The van der Waals surface area contributed by atoms with Crippen LogP contribution < -0.4 is 5.32 Å². The fraction of sp³-hybridized carbons (Fsp3) is 0.353. The van der Waals surface area contributed by atoms with Crippen LogP contribution in [-0.4, -0.2) is 17.6 Å². The van der Waals surface area contributed by atoms with Gasteiger partial charge in [0.25, 0.3) is 0 Å². The molecule has 1 amide bonds. The summed E-state index contributed by atoms with van der Waals surface area (Å²) >= 11 is 7.55. The largest absolute Gasteiger partial charge is 0.387 e. The van der Waals surface area contributed by atoms with Crippen LogP contribution in [0.3, 0.4) is 0 Å². The summed E-state index contributed by atoms with van der Waals surface area (Å²) in [6.07, 6.45) is -0.678. The average molecular weight is 338 g/mol. The standard InChI is InChI=1S/C17H20ClNO2S/c1-11(2)16(12-4-3-5-14(18)8-12)17(21)19-9-15(20)13-6-7-22-10-13/h3-8,10-11,15-16,20H,9H2,1-2H3,(H,19,21). The van der Waals surface area contributed by atoms with Crippen molar-refractivity contribution in [3.63, 3.8) is 0 Å². The predicted octanol–water partition coefficient (Wildman–Crippen LogP) is 3.99. The van der Waals surface area contributed by atoms with Crippen LogP contribution in [0.25, 0.3) is 0 Å². The summed E-state index contributed by atoms with van der Waals surface area (Å²) in [7, 11) is 0. The molecule has 0 aliphatic heterocycles. The van der Waals surface area contributed by atoms with Crippen molar-refractivity contribution < 1.29 is 9.90 Å². The minimum Gasteiger partial charge on any atom is -0.387 e. The summed E-state index contributed by atoms with van der Waals surface area (Å²) in [6, 6.07) is 9.23. The van der Waals surface area contributed by atoms with Gasteiger partial charge in [-0.15, -0.1) is 0 Å². The van der Waals surface area contributed by atoms with E-state index in [2.05, 4.69) is 5.32 Å². The normalized spacial score (nSPS) is 13.9. The number of amides is 1. The summed E-state index contributed by atoms with van der Waals surface area (Å²) in [4.78, 5) is 12.5. The Kier molecular flexibility index (Phi) is 6.00. The Labute approximate surface area is 139 Å². The lowest BCUT2D eigenvalue weighted by atomic mass is 9.87. The highest BCUT2D eigenvalue weighted by Crippen LogP contribution is 2.27. The fourth-order valence-electron chi connectivity index (χ4n) is 2.43. The lowest BCUT2D eigenvalue weighted by molar-refractivity contribution is -0.124. The molecule has 0 spiro atoms. The van der Waals surface area contributed by atoms with E-state index in [1.807, 2.05) is 48.9 Å². The molecule has 2 unspecified atom stereocenters. The van der Waals surface area contributed by atoms with Crippen molar-refractivity contribution in [1.82, 2.24) is 5.32 Å². The number of halogens is 1. The van der Waals surface area contributed by atoms with Crippen LogP contribution in [0.2, 0.25) is 5.02 Å². The number of benzene rings is 1. The molecule has 2 rings (SSSR count). The zero-order valence-electron chi connectivity index (χ0n) is 12.6. The van der Waals surface area contributed by atoms with Gasteiger partial charge in [-0.25, -0.2) is 0 Å². The molecule has 0 saturated heterocycles. The van der Waals surface area contributed by atoms with Gasteiger partial charge >= 0.3 is 0 Å². The van der Waals surface area contributed by atoms with Gasteiger partial charge in [0, 0.05) is 11.6 Å². The molecule has 0 aliphatic rings. The molecule has 0 bridgehead atoms. The second-order valence-electron chi connectivity index (χ2n) is 5.59. The van der Waals surface area contributed by atoms with Crippen LogP contribution in [0, 0.1) is 5.92 Å². The smallest absolute Gasteiger partial charge is 0.227 e. The van der Waals surface area contributed by atoms with Crippen molar-refractivity contribution in [2.75, 3.05) is 6.54 Å². The number of aliphatic hydroxyl groups excluding tert-OH is 1. The molecule has 118 valence electrons. The topological polar surface area (TPSA) is 49.3 Å². The molecule has 1 heterocycles. The molecule has 0 saturated carbocycles. The number of hydrogen-bond donors (Lipinski definition) is 2. The van der Waals surface area contributed by atoms with Gasteiger partial charge in [-0.05, 0) is 46.0 Å². The first-order chi connectivity index (χ1) is 10.5. The quantitative estimate of drug-likeness (QED) is 0.837. The van der Waals surface area contributed by atoms with E-state index in [0.717, 1.165) is 11.1 Å². The van der Waals surface area contributed by atoms with Crippen LogP contribution in [0.1, 0.15) is 37.0 Å². The highest BCUT2D eigenvalue weighted by molar-refractivity contribution is 7.07. The highest BCUT2D eigenvalue weighted by Gasteiger charge is 2.24. The predicted molar refractivity (Wildman–Crippen MR) is 91.3 cm³/mol. The second-order valence-corrected chi connectivity index (χ2v) is 6.81. The van der Waals surface area contributed by atoms with Gasteiger partial charge in [0.1, 0.15) is 0 Å². The third-order valence-corrected chi connectivity index (χ3v) is 4.49. The van der Waals surface area contributed by atoms with Gasteiger partial charge < -0.3 is 10.4 Å². The Bertz CT molecular complexity index is 613. The van der Waals surface area contributed by atoms with Crippen LogP contribution in [0.15, 0.2) is 41.1 Å². The van der Waals surface area contributed by atoms with Gasteiger partial charge in [-0.2, -0.15) is 11.3 Å². The lowest BCUT2D eigenvalue weighted by Gasteiger charge is -2.22. The fourth-order valence-corrected chi connectivity index (χ4v) is 3.33. The highest BCUT2D eigenvalue weighted by atomic mass is 35.5. The Morgan fingerprint density at radius 2 is 2.09 bits per heavy atom. The van der Waals surface area contributed by atoms with Crippen LogP contribution >= 0.6 is 22.9 Å². The van der Waals surface area contributed by atoms with Crippen molar-refractivity contribution in [1.29, 1.82) is 0 Å². The molecule has 2 atom stereocenters. The number of hydrogen-bond acceptors (Lipinski definition) is 3. The van der Waals surface area contributed by atoms with E-state index >= 15 is 0 Å². The van der Waals surface area contributed by atoms with E-state index in [1.54, 1.807) is 6.07 Å². The molecular formula is C17H20ClNO2S. The van der Waals surface area contributed by atoms with E-state index in [4.69, 9.17) is 11.6 Å². The molecule has 0 fully saturated rings. The molecule has 1 aromatic heterocycles. The number of carbonyl (C=O) groups excluding carboxylic acids is 1. The second kappa shape index (κ2) is 7.77. The summed E-state index contributed by atoms with van der Waals surface area (Å²) in [5.41, 5.74) is 1.72. The van der Waals surface area contributed by atoms with E-state index < -0.39 is 6.10 Å². The van der Waals surface area contributed by atoms with Gasteiger partial charge in [0.2, 0.25) is 5.91 Å². The Hall–Kier alpha value is -1.36. The molecule has 1 aromatic carbocycles. The lowest BCUT2D eigenvalue weighted by Crippen LogP contribution is -2.34. The van der Waals surface area contributed by atoms with E-state index in [-0.39, 0.29) is 24.3 Å².